The zero-order valence-electron chi connectivity index (χ0n) is 11.8. The number of carboxylic acid groups (broad SMARTS) is 1. The van der Waals surface area contributed by atoms with Gasteiger partial charge in [0.2, 0.25) is 0 Å². The number of aromatic carboxylic acids is 1. The van der Waals surface area contributed by atoms with Crippen LogP contribution in [0.4, 0.5) is 5.69 Å². The van der Waals surface area contributed by atoms with Crippen molar-refractivity contribution in [2.75, 3.05) is 5.32 Å². The molecular weight excluding hydrogens is 350 g/mol. The number of aromatic amines is 1. The molecule has 1 saturated carbocycles. The zero-order chi connectivity index (χ0) is 15.9. The molecule has 1 aliphatic carbocycles. The second kappa shape index (κ2) is 5.57. The van der Waals surface area contributed by atoms with Crippen LogP contribution in [-0.4, -0.2) is 27.2 Å². The summed E-state index contributed by atoms with van der Waals surface area (Å²) in [6, 6.07) is 4.61. The van der Waals surface area contributed by atoms with Crippen LogP contribution in [0.5, 0.6) is 0 Å². The Kier molecular flexibility index (Phi) is 3.74. The molecule has 1 aliphatic rings. The highest BCUT2D eigenvalue weighted by Crippen LogP contribution is 2.42. The molecule has 7 heteroatoms. The topological polar surface area (TPSA) is 95.1 Å². The predicted molar refractivity (Wildman–Crippen MR) is 84.4 cm³/mol. The Labute approximate surface area is 135 Å². The highest BCUT2D eigenvalue weighted by molar-refractivity contribution is 9.10. The molecule has 0 aliphatic heterocycles. The van der Waals surface area contributed by atoms with Crippen LogP contribution in [0.25, 0.3) is 0 Å². The second-order valence-electron chi connectivity index (χ2n) is 5.36. The lowest BCUT2D eigenvalue weighted by Crippen LogP contribution is -2.14. The molecule has 0 radical (unpaired) electrons. The number of aromatic nitrogens is 2. The third-order valence-electron chi connectivity index (χ3n) is 3.67. The molecule has 0 spiro atoms. The first-order chi connectivity index (χ1) is 10.5. The smallest absolute Gasteiger partial charge is 0.335 e. The molecule has 114 valence electrons. The van der Waals surface area contributed by atoms with Gasteiger partial charge >= 0.3 is 5.97 Å². The highest BCUT2D eigenvalue weighted by Gasteiger charge is 2.30. The second-order valence-corrected chi connectivity index (χ2v) is 6.16. The minimum atomic E-state index is -1.03. The standard InChI is InChI=1S/C15H14BrN3O3/c1-7-2-3-9(15(21)22)6-10(7)17-14(20)13-11(16)12(18-19-13)8-4-5-8/h2-3,6,8H,4-5H2,1H3,(H,17,20)(H,18,19)(H,21,22). The van der Waals surface area contributed by atoms with Gasteiger partial charge in [0.25, 0.3) is 5.91 Å². The van der Waals surface area contributed by atoms with Gasteiger partial charge in [0, 0.05) is 11.6 Å². The normalized spacial score (nSPS) is 13.9. The van der Waals surface area contributed by atoms with Gasteiger partial charge in [0.15, 0.2) is 5.69 Å². The number of hydrogen-bond acceptors (Lipinski definition) is 3. The Bertz CT molecular complexity index is 765. The minimum Gasteiger partial charge on any atom is -0.478 e. The van der Waals surface area contributed by atoms with E-state index in [1.807, 2.05) is 0 Å². The number of amides is 1. The van der Waals surface area contributed by atoms with E-state index >= 15 is 0 Å². The van der Waals surface area contributed by atoms with Crippen LogP contribution < -0.4 is 5.32 Å². The average Bonchev–Trinajstić information content (AvgIpc) is 3.24. The number of benzene rings is 1. The number of carbonyl (C=O) groups excluding carboxylic acids is 1. The lowest BCUT2D eigenvalue weighted by Gasteiger charge is -2.08. The van der Waals surface area contributed by atoms with Crippen LogP contribution in [0.2, 0.25) is 0 Å². The van der Waals surface area contributed by atoms with Gasteiger partial charge in [-0.15, -0.1) is 0 Å². The number of aryl methyl sites for hydroxylation is 1. The molecule has 0 saturated heterocycles. The summed E-state index contributed by atoms with van der Waals surface area (Å²) in [4.78, 5) is 23.4. The van der Waals surface area contributed by atoms with Crippen LogP contribution >= 0.6 is 15.9 Å². The number of H-pyrrole nitrogens is 1. The van der Waals surface area contributed by atoms with Gasteiger partial charge < -0.3 is 10.4 Å². The molecule has 1 aromatic carbocycles. The van der Waals surface area contributed by atoms with E-state index in [2.05, 4.69) is 31.4 Å². The maximum atomic E-state index is 12.4. The molecule has 0 atom stereocenters. The average molecular weight is 364 g/mol. The molecule has 1 amide bonds. The Balaban J connectivity index is 1.85. The Morgan fingerprint density at radius 1 is 1.41 bits per heavy atom. The number of carboxylic acids is 1. The van der Waals surface area contributed by atoms with Crippen LogP contribution in [0.3, 0.4) is 0 Å². The fourth-order valence-electron chi connectivity index (χ4n) is 2.21. The van der Waals surface area contributed by atoms with Gasteiger partial charge in [-0.05, 0) is 53.4 Å². The number of nitrogens with zero attached hydrogens (tertiary/aromatic N) is 1. The summed E-state index contributed by atoms with van der Waals surface area (Å²) >= 11 is 3.41. The fraction of sp³-hybridized carbons (Fsp3) is 0.267. The molecule has 3 rings (SSSR count). The van der Waals surface area contributed by atoms with Crippen molar-refractivity contribution in [3.63, 3.8) is 0 Å². The summed E-state index contributed by atoms with van der Waals surface area (Å²) in [5.41, 5.74) is 2.60. The lowest BCUT2D eigenvalue weighted by atomic mass is 10.1. The molecule has 3 N–H and O–H groups in total. The summed E-state index contributed by atoms with van der Waals surface area (Å²) < 4.78 is 0.680. The maximum absolute atomic E-state index is 12.4. The number of anilines is 1. The molecule has 22 heavy (non-hydrogen) atoms. The van der Waals surface area contributed by atoms with Gasteiger partial charge in [-0.1, -0.05) is 6.07 Å². The third-order valence-corrected chi connectivity index (χ3v) is 4.47. The molecular formula is C15H14BrN3O3. The molecule has 1 fully saturated rings. The highest BCUT2D eigenvalue weighted by atomic mass is 79.9. The zero-order valence-corrected chi connectivity index (χ0v) is 13.4. The summed E-state index contributed by atoms with van der Waals surface area (Å²) in [5, 5.41) is 18.7. The van der Waals surface area contributed by atoms with Crippen LogP contribution in [0.1, 0.15) is 50.9 Å². The Hall–Kier alpha value is -2.15. The van der Waals surface area contributed by atoms with Crippen LogP contribution in [0.15, 0.2) is 22.7 Å². The van der Waals surface area contributed by atoms with Crippen LogP contribution in [0, 0.1) is 6.92 Å². The summed E-state index contributed by atoms with van der Waals surface area (Å²) in [6.45, 7) is 1.80. The first kappa shape index (κ1) is 14.8. The van der Waals surface area contributed by atoms with Crippen molar-refractivity contribution in [3.8, 4) is 0 Å². The fourth-order valence-corrected chi connectivity index (χ4v) is 2.89. The number of nitrogens with one attached hydrogen (secondary N) is 2. The van der Waals surface area contributed by atoms with Gasteiger partial charge in [-0.25, -0.2) is 4.79 Å². The quantitative estimate of drug-likeness (QED) is 0.776. The molecule has 1 aromatic heterocycles. The summed E-state index contributed by atoms with van der Waals surface area (Å²) in [5.74, 6) is -0.964. The van der Waals surface area contributed by atoms with E-state index in [4.69, 9.17) is 5.11 Å². The summed E-state index contributed by atoms with van der Waals surface area (Å²) in [6.07, 6.45) is 2.20. The molecule has 1 heterocycles. The number of carbonyl (C=O) groups is 2. The van der Waals surface area contributed by atoms with E-state index in [1.54, 1.807) is 13.0 Å². The number of rotatable bonds is 4. The Morgan fingerprint density at radius 3 is 2.77 bits per heavy atom. The molecule has 0 unspecified atom stereocenters. The molecule has 2 aromatic rings. The maximum Gasteiger partial charge on any atom is 0.335 e. The SMILES string of the molecule is Cc1ccc(C(=O)O)cc1NC(=O)c1n[nH]c(C2CC2)c1Br. The van der Waals surface area contributed by atoms with Gasteiger partial charge in [-0.3, -0.25) is 9.89 Å². The third kappa shape index (κ3) is 2.76. The predicted octanol–water partition coefficient (Wildman–Crippen LogP) is 3.31. The van der Waals surface area contributed by atoms with Crippen molar-refractivity contribution in [1.29, 1.82) is 0 Å². The summed E-state index contributed by atoms with van der Waals surface area (Å²) in [7, 11) is 0. The van der Waals surface area contributed by atoms with Crippen molar-refractivity contribution in [2.24, 2.45) is 0 Å². The Morgan fingerprint density at radius 2 is 2.14 bits per heavy atom. The van der Waals surface area contributed by atoms with Crippen molar-refractivity contribution < 1.29 is 14.7 Å². The number of halogens is 1. The van der Waals surface area contributed by atoms with Crippen LogP contribution in [-0.2, 0) is 0 Å². The van der Waals surface area contributed by atoms with E-state index in [-0.39, 0.29) is 17.2 Å². The van der Waals surface area contributed by atoms with E-state index in [9.17, 15) is 9.59 Å². The van der Waals surface area contributed by atoms with E-state index < -0.39 is 5.97 Å². The van der Waals surface area contributed by atoms with Crippen molar-refractivity contribution in [2.45, 2.75) is 25.7 Å². The first-order valence-corrected chi connectivity index (χ1v) is 7.65. The van der Waals surface area contributed by atoms with Crippen molar-refractivity contribution in [3.05, 3.63) is 45.2 Å². The molecule has 6 nitrogen and oxygen atoms in total. The molecule has 0 bridgehead atoms. The van der Waals surface area contributed by atoms with Gasteiger partial charge in [0.05, 0.1) is 15.7 Å². The minimum absolute atomic E-state index is 0.126. The van der Waals surface area contributed by atoms with E-state index in [1.165, 1.54) is 12.1 Å². The van der Waals surface area contributed by atoms with Gasteiger partial charge in [-0.2, -0.15) is 5.10 Å². The van der Waals surface area contributed by atoms with Gasteiger partial charge in [0.1, 0.15) is 0 Å². The van der Waals surface area contributed by atoms with E-state index in [0.717, 1.165) is 24.1 Å². The van der Waals surface area contributed by atoms with Crippen molar-refractivity contribution >= 4 is 33.5 Å². The van der Waals surface area contributed by atoms with Crippen molar-refractivity contribution in [1.82, 2.24) is 10.2 Å². The first-order valence-electron chi connectivity index (χ1n) is 6.86. The largest absolute Gasteiger partial charge is 0.478 e. The monoisotopic (exact) mass is 363 g/mol. The van der Waals surface area contributed by atoms with E-state index in [0.29, 0.717) is 16.1 Å². The lowest BCUT2D eigenvalue weighted by molar-refractivity contribution is 0.0696. The number of hydrogen-bond donors (Lipinski definition) is 3.